The molecular formula is C17H23N3O2. The van der Waals surface area contributed by atoms with Crippen molar-refractivity contribution in [2.45, 2.75) is 20.8 Å². The molecule has 0 unspecified atom stereocenters. The Morgan fingerprint density at radius 3 is 2.68 bits per heavy atom. The fourth-order valence-electron chi connectivity index (χ4n) is 2.27. The van der Waals surface area contributed by atoms with Gasteiger partial charge in [0.25, 0.3) is 5.91 Å². The van der Waals surface area contributed by atoms with E-state index in [1.54, 1.807) is 11.8 Å². The normalized spacial score (nSPS) is 10.8. The largest absolute Gasteiger partial charge is 0.496 e. The van der Waals surface area contributed by atoms with Gasteiger partial charge in [-0.15, -0.1) is 0 Å². The molecule has 0 saturated carbocycles. The standard InChI is InChI=1S/C17H23N3O2/c1-11(2)10-18-17(21)14-9-15(20(4)19-14)13-6-7-16(22-5)12(3)8-13/h6-9,11H,10H2,1-5H3,(H,18,21). The van der Waals surface area contributed by atoms with Gasteiger partial charge in [-0.3, -0.25) is 9.48 Å². The number of nitrogens with zero attached hydrogens (tertiary/aromatic N) is 2. The highest BCUT2D eigenvalue weighted by atomic mass is 16.5. The van der Waals surface area contributed by atoms with E-state index in [2.05, 4.69) is 24.3 Å². The minimum Gasteiger partial charge on any atom is -0.496 e. The van der Waals surface area contributed by atoms with Crippen molar-refractivity contribution >= 4 is 5.91 Å². The van der Waals surface area contributed by atoms with Crippen LogP contribution < -0.4 is 10.1 Å². The number of hydrogen-bond donors (Lipinski definition) is 1. The fourth-order valence-corrected chi connectivity index (χ4v) is 2.27. The first-order chi connectivity index (χ1) is 10.4. The summed E-state index contributed by atoms with van der Waals surface area (Å²) in [5, 5.41) is 7.20. The average molecular weight is 301 g/mol. The third-order valence-corrected chi connectivity index (χ3v) is 3.47. The molecule has 1 N–H and O–H groups in total. The van der Waals surface area contributed by atoms with Gasteiger partial charge in [-0.2, -0.15) is 5.10 Å². The van der Waals surface area contributed by atoms with Crippen LogP contribution in [-0.4, -0.2) is 29.3 Å². The minimum absolute atomic E-state index is 0.138. The average Bonchev–Trinajstić information content (AvgIpc) is 2.86. The van der Waals surface area contributed by atoms with Crippen LogP contribution in [0.3, 0.4) is 0 Å². The van der Waals surface area contributed by atoms with Crippen LogP contribution >= 0.6 is 0 Å². The second kappa shape index (κ2) is 6.64. The molecule has 2 aromatic rings. The second-order valence-electron chi connectivity index (χ2n) is 5.83. The van der Waals surface area contributed by atoms with Crippen molar-refractivity contribution in [1.82, 2.24) is 15.1 Å². The number of hydrogen-bond acceptors (Lipinski definition) is 3. The van der Waals surface area contributed by atoms with Crippen LogP contribution in [-0.2, 0) is 7.05 Å². The molecule has 5 heteroatoms. The van der Waals surface area contributed by atoms with Gasteiger partial charge in [-0.05, 0) is 42.7 Å². The summed E-state index contributed by atoms with van der Waals surface area (Å²) in [4.78, 5) is 12.1. The number of ether oxygens (including phenoxy) is 1. The summed E-state index contributed by atoms with van der Waals surface area (Å²) in [5.41, 5.74) is 3.40. The summed E-state index contributed by atoms with van der Waals surface area (Å²) < 4.78 is 7.01. The van der Waals surface area contributed by atoms with Crippen LogP contribution in [0.1, 0.15) is 29.9 Å². The van der Waals surface area contributed by atoms with Gasteiger partial charge < -0.3 is 10.1 Å². The molecule has 1 aromatic carbocycles. The van der Waals surface area contributed by atoms with Gasteiger partial charge in [0.1, 0.15) is 5.75 Å². The smallest absolute Gasteiger partial charge is 0.271 e. The first kappa shape index (κ1) is 16.1. The molecule has 0 saturated heterocycles. The molecule has 0 fully saturated rings. The van der Waals surface area contributed by atoms with Gasteiger partial charge >= 0.3 is 0 Å². The maximum atomic E-state index is 12.1. The van der Waals surface area contributed by atoms with E-state index in [-0.39, 0.29) is 5.91 Å². The van der Waals surface area contributed by atoms with Crippen LogP contribution in [0.25, 0.3) is 11.3 Å². The van der Waals surface area contributed by atoms with Crippen LogP contribution in [0, 0.1) is 12.8 Å². The lowest BCUT2D eigenvalue weighted by atomic mass is 10.1. The molecule has 0 aliphatic carbocycles. The highest BCUT2D eigenvalue weighted by molar-refractivity contribution is 5.93. The molecule has 1 amide bonds. The fraction of sp³-hybridized carbons (Fsp3) is 0.412. The van der Waals surface area contributed by atoms with Crippen LogP contribution in [0.15, 0.2) is 24.3 Å². The number of carbonyl (C=O) groups excluding carboxylic acids is 1. The summed E-state index contributed by atoms with van der Waals surface area (Å²) >= 11 is 0. The lowest BCUT2D eigenvalue weighted by molar-refractivity contribution is 0.0943. The number of methoxy groups -OCH3 is 1. The Morgan fingerprint density at radius 1 is 1.36 bits per heavy atom. The lowest BCUT2D eigenvalue weighted by Gasteiger charge is -2.07. The monoisotopic (exact) mass is 301 g/mol. The molecule has 5 nitrogen and oxygen atoms in total. The zero-order chi connectivity index (χ0) is 16.3. The predicted molar refractivity (Wildman–Crippen MR) is 87.1 cm³/mol. The molecule has 22 heavy (non-hydrogen) atoms. The van der Waals surface area contributed by atoms with Crippen molar-refractivity contribution in [3.63, 3.8) is 0 Å². The Bertz CT molecular complexity index is 675. The van der Waals surface area contributed by atoms with E-state index >= 15 is 0 Å². The maximum absolute atomic E-state index is 12.1. The number of aryl methyl sites for hydroxylation is 2. The number of aromatic nitrogens is 2. The first-order valence-electron chi connectivity index (χ1n) is 7.39. The van der Waals surface area contributed by atoms with Gasteiger partial charge in [0.15, 0.2) is 5.69 Å². The van der Waals surface area contributed by atoms with Gasteiger partial charge in [-0.1, -0.05) is 13.8 Å². The van der Waals surface area contributed by atoms with Gasteiger partial charge in [0.2, 0.25) is 0 Å². The summed E-state index contributed by atoms with van der Waals surface area (Å²) in [7, 11) is 3.50. The molecule has 1 aromatic heterocycles. The molecule has 0 radical (unpaired) electrons. The lowest BCUT2D eigenvalue weighted by Crippen LogP contribution is -2.27. The predicted octanol–water partition coefficient (Wildman–Crippen LogP) is 2.79. The van der Waals surface area contributed by atoms with Gasteiger partial charge in [-0.25, -0.2) is 0 Å². The van der Waals surface area contributed by atoms with E-state index in [1.807, 2.05) is 38.2 Å². The van der Waals surface area contributed by atoms with E-state index in [4.69, 9.17) is 4.74 Å². The van der Waals surface area contributed by atoms with Crippen molar-refractivity contribution < 1.29 is 9.53 Å². The molecule has 0 aliphatic heterocycles. The van der Waals surface area contributed by atoms with Crippen molar-refractivity contribution in [2.24, 2.45) is 13.0 Å². The topological polar surface area (TPSA) is 56.1 Å². The van der Waals surface area contributed by atoms with E-state index in [9.17, 15) is 4.79 Å². The van der Waals surface area contributed by atoms with Crippen molar-refractivity contribution in [1.29, 1.82) is 0 Å². The van der Waals surface area contributed by atoms with Crippen LogP contribution in [0.2, 0.25) is 0 Å². The minimum atomic E-state index is -0.138. The van der Waals surface area contributed by atoms with Crippen LogP contribution in [0.4, 0.5) is 0 Å². The van der Waals surface area contributed by atoms with Crippen molar-refractivity contribution in [2.75, 3.05) is 13.7 Å². The number of rotatable bonds is 5. The summed E-state index contributed by atoms with van der Waals surface area (Å²) in [6.07, 6.45) is 0. The Hall–Kier alpha value is -2.30. The molecule has 0 atom stereocenters. The summed E-state index contributed by atoms with van der Waals surface area (Å²) in [5.74, 6) is 1.12. The first-order valence-corrected chi connectivity index (χ1v) is 7.39. The molecule has 1 heterocycles. The number of benzene rings is 1. The van der Waals surface area contributed by atoms with E-state index in [0.717, 1.165) is 22.6 Å². The molecule has 118 valence electrons. The van der Waals surface area contributed by atoms with Gasteiger partial charge in [0.05, 0.1) is 12.8 Å². The van der Waals surface area contributed by atoms with Crippen molar-refractivity contribution in [3.8, 4) is 17.0 Å². The Balaban J connectivity index is 2.26. The van der Waals surface area contributed by atoms with E-state index < -0.39 is 0 Å². The number of amides is 1. The molecule has 0 aliphatic rings. The summed E-state index contributed by atoms with van der Waals surface area (Å²) in [6, 6.07) is 7.75. The molecule has 0 bridgehead atoms. The third-order valence-electron chi connectivity index (χ3n) is 3.47. The Morgan fingerprint density at radius 2 is 2.09 bits per heavy atom. The molecule has 2 rings (SSSR count). The van der Waals surface area contributed by atoms with Gasteiger partial charge in [0, 0.05) is 19.2 Å². The molecule has 0 spiro atoms. The highest BCUT2D eigenvalue weighted by Crippen LogP contribution is 2.26. The maximum Gasteiger partial charge on any atom is 0.271 e. The highest BCUT2D eigenvalue weighted by Gasteiger charge is 2.14. The zero-order valence-corrected chi connectivity index (χ0v) is 13.8. The van der Waals surface area contributed by atoms with E-state index in [1.165, 1.54) is 0 Å². The number of carbonyl (C=O) groups is 1. The van der Waals surface area contributed by atoms with E-state index in [0.29, 0.717) is 18.2 Å². The quantitative estimate of drug-likeness (QED) is 0.924. The second-order valence-corrected chi connectivity index (χ2v) is 5.83. The Kier molecular flexibility index (Phi) is 4.85. The zero-order valence-electron chi connectivity index (χ0n) is 13.8. The third kappa shape index (κ3) is 3.47. The van der Waals surface area contributed by atoms with Crippen LogP contribution in [0.5, 0.6) is 5.75 Å². The Labute approximate surface area is 131 Å². The van der Waals surface area contributed by atoms with Crippen molar-refractivity contribution in [3.05, 3.63) is 35.5 Å². The SMILES string of the molecule is COc1ccc(-c2cc(C(=O)NCC(C)C)nn2C)cc1C. The molecular weight excluding hydrogens is 278 g/mol. The summed E-state index contributed by atoms with van der Waals surface area (Å²) in [6.45, 7) is 6.76. The number of nitrogens with one attached hydrogen (secondary N) is 1.